The molecule has 0 radical (unpaired) electrons. The van der Waals surface area contributed by atoms with Crippen molar-refractivity contribution in [3.05, 3.63) is 0 Å². The third-order valence-electron chi connectivity index (χ3n) is 6.57. The van der Waals surface area contributed by atoms with Gasteiger partial charge in [-0.25, -0.2) is 0 Å². The summed E-state index contributed by atoms with van der Waals surface area (Å²) in [5.41, 5.74) is 0. The highest BCUT2D eigenvalue weighted by atomic mass is 16.3. The lowest BCUT2D eigenvalue weighted by molar-refractivity contribution is -0.137. The zero-order valence-corrected chi connectivity index (χ0v) is 22.4. The molecular formula is C27H53N3O4. The largest absolute Gasteiger partial charge is 0.392 e. The third kappa shape index (κ3) is 14.3. The van der Waals surface area contributed by atoms with E-state index in [9.17, 15) is 19.8 Å². The van der Waals surface area contributed by atoms with Crippen molar-refractivity contribution in [2.24, 2.45) is 5.92 Å². The van der Waals surface area contributed by atoms with Crippen molar-refractivity contribution >= 4 is 11.8 Å². The van der Waals surface area contributed by atoms with E-state index in [0.29, 0.717) is 31.8 Å². The minimum Gasteiger partial charge on any atom is -0.392 e. The molecule has 1 fully saturated rings. The third-order valence-corrected chi connectivity index (χ3v) is 6.57. The summed E-state index contributed by atoms with van der Waals surface area (Å²) in [6.07, 6.45) is 12.9. The van der Waals surface area contributed by atoms with Gasteiger partial charge in [0, 0.05) is 13.1 Å². The van der Waals surface area contributed by atoms with Crippen LogP contribution >= 0.6 is 0 Å². The van der Waals surface area contributed by atoms with E-state index in [0.717, 1.165) is 32.2 Å². The van der Waals surface area contributed by atoms with Gasteiger partial charge in [-0.2, -0.15) is 0 Å². The Hall–Kier alpha value is -1.18. The Balaban J connectivity index is 2.27. The Morgan fingerprint density at radius 2 is 1.38 bits per heavy atom. The lowest BCUT2D eigenvalue weighted by Crippen LogP contribution is -2.61. The maximum Gasteiger partial charge on any atom is 0.243 e. The normalized spacial score (nSPS) is 20.5. The van der Waals surface area contributed by atoms with E-state index in [2.05, 4.69) is 22.5 Å². The monoisotopic (exact) mass is 483 g/mol. The number of aliphatic hydroxyl groups excluding tert-OH is 2. The van der Waals surface area contributed by atoms with Crippen LogP contribution in [-0.2, 0) is 9.59 Å². The summed E-state index contributed by atoms with van der Waals surface area (Å²) < 4.78 is 0. The van der Waals surface area contributed by atoms with Gasteiger partial charge < -0.3 is 20.8 Å². The second kappa shape index (κ2) is 18.1. The number of hydrogen-bond acceptors (Lipinski definition) is 5. The lowest BCUT2D eigenvalue weighted by atomic mass is 9.98. The number of aliphatic hydroxyl groups is 2. The zero-order valence-electron chi connectivity index (χ0n) is 22.4. The smallest absolute Gasteiger partial charge is 0.243 e. The Labute approximate surface area is 208 Å². The SMILES string of the molecule is CCCCCCCCCCC(O)CN(CCCCC1NC(=O)C(CC(C)C)NC1=O)CC(C)O. The maximum atomic E-state index is 12.4. The molecule has 0 aliphatic carbocycles. The molecule has 1 saturated heterocycles. The Kier molecular flexibility index (Phi) is 16.5. The van der Waals surface area contributed by atoms with E-state index in [1.165, 1.54) is 44.9 Å². The zero-order chi connectivity index (χ0) is 25.3. The molecular weight excluding hydrogens is 430 g/mol. The Morgan fingerprint density at radius 1 is 0.794 bits per heavy atom. The summed E-state index contributed by atoms with van der Waals surface area (Å²) in [5.74, 6) is 0.170. The molecule has 4 atom stereocenters. The summed E-state index contributed by atoms with van der Waals surface area (Å²) in [4.78, 5) is 26.8. The summed E-state index contributed by atoms with van der Waals surface area (Å²) >= 11 is 0. The average molecular weight is 484 g/mol. The highest BCUT2D eigenvalue weighted by molar-refractivity contribution is 5.96. The number of rotatable bonds is 20. The van der Waals surface area contributed by atoms with Gasteiger partial charge in [-0.3, -0.25) is 14.5 Å². The summed E-state index contributed by atoms with van der Waals surface area (Å²) in [6.45, 7) is 9.95. The molecule has 1 rings (SSSR count). The molecule has 0 aromatic rings. The number of hydrogen-bond donors (Lipinski definition) is 4. The molecule has 1 heterocycles. The second-order valence-electron chi connectivity index (χ2n) is 10.8. The number of carbonyl (C=O) groups is 2. The summed E-state index contributed by atoms with van der Waals surface area (Å²) in [5, 5.41) is 26.1. The maximum absolute atomic E-state index is 12.4. The molecule has 1 aliphatic heterocycles. The molecule has 200 valence electrons. The number of nitrogens with zero attached hydrogens (tertiary/aromatic N) is 1. The first-order valence-corrected chi connectivity index (χ1v) is 13.9. The minimum atomic E-state index is -0.464. The number of carbonyl (C=O) groups excluding carboxylic acids is 2. The van der Waals surface area contributed by atoms with Crippen molar-refractivity contribution in [2.75, 3.05) is 19.6 Å². The predicted octanol–water partition coefficient (Wildman–Crippen LogP) is 3.76. The topological polar surface area (TPSA) is 102 Å². The van der Waals surface area contributed by atoms with Crippen molar-refractivity contribution in [1.29, 1.82) is 0 Å². The van der Waals surface area contributed by atoms with E-state index in [1.54, 1.807) is 6.92 Å². The molecule has 4 N–H and O–H groups in total. The van der Waals surface area contributed by atoms with Crippen LogP contribution < -0.4 is 10.6 Å². The van der Waals surface area contributed by atoms with E-state index in [4.69, 9.17) is 0 Å². The quantitative estimate of drug-likeness (QED) is 0.198. The molecule has 0 bridgehead atoms. The molecule has 0 spiro atoms. The van der Waals surface area contributed by atoms with Gasteiger partial charge in [0.25, 0.3) is 0 Å². The highest BCUT2D eigenvalue weighted by Crippen LogP contribution is 2.14. The van der Waals surface area contributed by atoms with Crippen LogP contribution in [0.4, 0.5) is 0 Å². The number of unbranched alkanes of at least 4 members (excludes halogenated alkanes) is 8. The fourth-order valence-corrected chi connectivity index (χ4v) is 4.73. The first kappa shape index (κ1) is 30.9. The van der Waals surface area contributed by atoms with Gasteiger partial charge >= 0.3 is 0 Å². The van der Waals surface area contributed by atoms with Crippen molar-refractivity contribution in [2.45, 2.75) is 135 Å². The molecule has 0 saturated carbocycles. The van der Waals surface area contributed by atoms with Crippen LogP contribution in [0.25, 0.3) is 0 Å². The van der Waals surface area contributed by atoms with Crippen LogP contribution in [0.3, 0.4) is 0 Å². The molecule has 1 aliphatic rings. The molecule has 34 heavy (non-hydrogen) atoms. The van der Waals surface area contributed by atoms with E-state index < -0.39 is 18.2 Å². The van der Waals surface area contributed by atoms with Gasteiger partial charge in [-0.05, 0) is 51.5 Å². The van der Waals surface area contributed by atoms with Crippen molar-refractivity contribution in [1.82, 2.24) is 15.5 Å². The van der Waals surface area contributed by atoms with Gasteiger partial charge in [0.05, 0.1) is 12.2 Å². The number of amides is 2. The molecule has 7 heteroatoms. The molecule has 7 nitrogen and oxygen atoms in total. The predicted molar refractivity (Wildman–Crippen MR) is 139 cm³/mol. The van der Waals surface area contributed by atoms with Gasteiger partial charge in [0.2, 0.25) is 11.8 Å². The van der Waals surface area contributed by atoms with E-state index in [-0.39, 0.29) is 17.9 Å². The Bertz CT molecular complexity index is 556. The van der Waals surface area contributed by atoms with Gasteiger partial charge in [-0.1, -0.05) is 72.1 Å². The lowest BCUT2D eigenvalue weighted by Gasteiger charge is -2.31. The van der Waals surface area contributed by atoms with Crippen LogP contribution in [0.1, 0.15) is 111 Å². The minimum absolute atomic E-state index is 0.0851. The molecule has 0 aromatic heterocycles. The van der Waals surface area contributed by atoms with Crippen molar-refractivity contribution in [3.8, 4) is 0 Å². The average Bonchev–Trinajstić information content (AvgIpc) is 2.75. The van der Waals surface area contributed by atoms with Crippen LogP contribution in [0.5, 0.6) is 0 Å². The summed E-state index contributed by atoms with van der Waals surface area (Å²) in [7, 11) is 0. The second-order valence-corrected chi connectivity index (χ2v) is 10.8. The van der Waals surface area contributed by atoms with E-state index >= 15 is 0 Å². The van der Waals surface area contributed by atoms with Crippen LogP contribution in [0.2, 0.25) is 0 Å². The number of nitrogens with one attached hydrogen (secondary N) is 2. The number of piperazine rings is 1. The molecule has 0 aromatic carbocycles. The summed E-state index contributed by atoms with van der Waals surface area (Å²) in [6, 6.07) is -0.887. The van der Waals surface area contributed by atoms with Gasteiger partial charge in [0.15, 0.2) is 0 Å². The van der Waals surface area contributed by atoms with E-state index in [1.807, 2.05) is 13.8 Å². The Morgan fingerprint density at radius 3 is 2.00 bits per heavy atom. The fraction of sp³-hybridized carbons (Fsp3) is 0.926. The highest BCUT2D eigenvalue weighted by Gasteiger charge is 2.33. The standard InChI is InChI=1S/C27H53N3O4/c1-5-6-7-8-9-10-11-12-15-23(32)20-30(19-22(4)31)17-14-13-16-24-26(33)29-25(18-21(2)3)27(34)28-24/h21-25,31-32H,5-20H2,1-4H3,(H,28,34)(H,29,33). The van der Waals surface area contributed by atoms with Crippen molar-refractivity contribution in [3.63, 3.8) is 0 Å². The van der Waals surface area contributed by atoms with Gasteiger partial charge in [-0.15, -0.1) is 0 Å². The fourth-order valence-electron chi connectivity index (χ4n) is 4.73. The van der Waals surface area contributed by atoms with Crippen LogP contribution in [0.15, 0.2) is 0 Å². The van der Waals surface area contributed by atoms with Crippen molar-refractivity contribution < 1.29 is 19.8 Å². The van der Waals surface area contributed by atoms with Gasteiger partial charge in [0.1, 0.15) is 12.1 Å². The molecule has 4 unspecified atom stereocenters. The van der Waals surface area contributed by atoms with Crippen LogP contribution in [0, 0.1) is 5.92 Å². The van der Waals surface area contributed by atoms with Crippen LogP contribution in [-0.4, -0.2) is 70.9 Å². The first-order valence-electron chi connectivity index (χ1n) is 13.9. The first-order chi connectivity index (χ1) is 16.2. The molecule has 2 amide bonds.